The molecular weight excluding hydrogens is 290 g/mol. The first kappa shape index (κ1) is 13.9. The maximum Gasteiger partial charge on any atom is 0.262 e. The zero-order chi connectivity index (χ0) is 14.8. The lowest BCUT2D eigenvalue weighted by Crippen LogP contribution is -2.25. The van der Waals surface area contributed by atoms with Crippen LogP contribution in [0.3, 0.4) is 0 Å². The first-order valence-corrected chi connectivity index (χ1v) is 6.99. The Morgan fingerprint density at radius 2 is 2.10 bits per heavy atom. The van der Waals surface area contributed by atoms with Gasteiger partial charge in [-0.15, -0.1) is 0 Å². The van der Waals surface area contributed by atoms with Gasteiger partial charge in [-0.3, -0.25) is 4.79 Å². The molecule has 3 rings (SSSR count). The zero-order valence-electron chi connectivity index (χ0n) is 11.2. The highest BCUT2D eigenvalue weighted by molar-refractivity contribution is 6.31. The number of rotatable bonds is 3. The minimum Gasteiger partial charge on any atom is -0.482 e. The monoisotopic (exact) mass is 303 g/mol. The molecule has 1 amide bonds. The largest absolute Gasteiger partial charge is 0.482 e. The molecule has 0 aliphatic carbocycles. The quantitative estimate of drug-likeness (QED) is 0.916. The maximum absolute atomic E-state index is 11.3. The molecule has 4 nitrogen and oxygen atoms in total. The molecule has 0 fully saturated rings. The van der Waals surface area contributed by atoms with Gasteiger partial charge in [-0.2, -0.15) is 0 Å². The van der Waals surface area contributed by atoms with Crippen molar-refractivity contribution < 1.29 is 14.6 Å². The van der Waals surface area contributed by atoms with Crippen molar-refractivity contribution in [1.82, 2.24) is 0 Å². The highest BCUT2D eigenvalue weighted by Gasteiger charge is 2.18. The van der Waals surface area contributed by atoms with Gasteiger partial charge in [0.15, 0.2) is 6.61 Å². The smallest absolute Gasteiger partial charge is 0.262 e. The molecule has 108 valence electrons. The van der Waals surface area contributed by atoms with Gasteiger partial charge in [0, 0.05) is 11.4 Å². The first-order valence-electron chi connectivity index (χ1n) is 6.61. The average Bonchev–Trinajstić information content (AvgIpc) is 2.48. The van der Waals surface area contributed by atoms with Gasteiger partial charge in [0.05, 0.1) is 11.8 Å². The van der Waals surface area contributed by atoms with Crippen LogP contribution in [0.4, 0.5) is 5.69 Å². The summed E-state index contributed by atoms with van der Waals surface area (Å²) in [6, 6.07) is 12.7. The van der Waals surface area contributed by atoms with Crippen LogP contribution in [0.1, 0.15) is 17.2 Å². The van der Waals surface area contributed by atoms with Crippen molar-refractivity contribution in [2.24, 2.45) is 0 Å². The van der Waals surface area contributed by atoms with E-state index in [1.54, 1.807) is 24.3 Å². The van der Waals surface area contributed by atoms with Gasteiger partial charge in [-0.25, -0.2) is 0 Å². The highest BCUT2D eigenvalue weighted by atomic mass is 35.5. The second kappa shape index (κ2) is 5.76. The molecule has 0 bridgehead atoms. The van der Waals surface area contributed by atoms with E-state index in [4.69, 9.17) is 16.3 Å². The number of hydrogen-bond acceptors (Lipinski definition) is 3. The molecule has 2 aromatic rings. The Bertz CT molecular complexity index is 687. The van der Waals surface area contributed by atoms with Crippen LogP contribution in [-0.4, -0.2) is 17.6 Å². The predicted molar refractivity (Wildman–Crippen MR) is 80.7 cm³/mol. The fourth-order valence-corrected chi connectivity index (χ4v) is 2.51. The highest BCUT2D eigenvalue weighted by Crippen LogP contribution is 2.32. The molecule has 21 heavy (non-hydrogen) atoms. The lowest BCUT2D eigenvalue weighted by molar-refractivity contribution is -0.118. The van der Waals surface area contributed by atoms with Crippen LogP contribution in [0.15, 0.2) is 42.5 Å². The minimum absolute atomic E-state index is 0.0223. The van der Waals surface area contributed by atoms with Gasteiger partial charge in [-0.05, 0) is 29.3 Å². The number of amides is 1. The van der Waals surface area contributed by atoms with Gasteiger partial charge in [-0.1, -0.05) is 35.9 Å². The number of carbonyl (C=O) groups is 1. The first-order chi connectivity index (χ1) is 10.1. The lowest BCUT2D eigenvalue weighted by Gasteiger charge is -2.20. The van der Waals surface area contributed by atoms with Crippen molar-refractivity contribution in [2.75, 3.05) is 11.9 Å². The molecule has 1 aliphatic rings. The molecule has 0 aromatic heterocycles. The minimum atomic E-state index is -0.700. The number of fused-ring (bicyclic) bond motifs is 1. The number of aliphatic hydroxyl groups is 1. The number of halogens is 1. The number of anilines is 1. The summed E-state index contributed by atoms with van der Waals surface area (Å²) in [6.45, 7) is 0.0223. The van der Waals surface area contributed by atoms with Crippen molar-refractivity contribution in [3.63, 3.8) is 0 Å². The Kier molecular flexibility index (Phi) is 3.82. The van der Waals surface area contributed by atoms with Crippen LogP contribution in [0, 0.1) is 0 Å². The fraction of sp³-hybridized carbons (Fsp3) is 0.188. The molecule has 0 saturated heterocycles. The van der Waals surface area contributed by atoms with Crippen LogP contribution < -0.4 is 10.1 Å². The van der Waals surface area contributed by atoms with Gasteiger partial charge < -0.3 is 15.2 Å². The fourth-order valence-electron chi connectivity index (χ4n) is 2.30. The molecule has 0 saturated carbocycles. The van der Waals surface area contributed by atoms with E-state index in [9.17, 15) is 9.90 Å². The van der Waals surface area contributed by atoms with E-state index in [0.717, 1.165) is 5.56 Å². The number of hydrogen-bond donors (Lipinski definition) is 2. The molecular formula is C16H14ClNO3. The van der Waals surface area contributed by atoms with Crippen LogP contribution in [0.25, 0.3) is 0 Å². The number of ether oxygens (including phenoxy) is 1. The van der Waals surface area contributed by atoms with E-state index in [0.29, 0.717) is 28.4 Å². The summed E-state index contributed by atoms with van der Waals surface area (Å²) in [6.07, 6.45) is -0.290. The summed E-state index contributed by atoms with van der Waals surface area (Å²) in [7, 11) is 0. The Morgan fingerprint density at radius 1 is 1.29 bits per heavy atom. The topological polar surface area (TPSA) is 58.6 Å². The summed E-state index contributed by atoms with van der Waals surface area (Å²) in [4.78, 5) is 11.3. The SMILES string of the molecule is O=C1COc2ccc(C(O)Cc3ccccc3Cl)cc2N1. The van der Waals surface area contributed by atoms with E-state index in [1.165, 1.54) is 0 Å². The molecule has 1 heterocycles. The molecule has 5 heteroatoms. The number of aliphatic hydroxyl groups excluding tert-OH is 1. The van der Waals surface area contributed by atoms with E-state index < -0.39 is 6.10 Å². The molecule has 1 aliphatic heterocycles. The molecule has 2 N–H and O–H groups in total. The van der Waals surface area contributed by atoms with Crippen molar-refractivity contribution in [2.45, 2.75) is 12.5 Å². The second-order valence-electron chi connectivity index (χ2n) is 4.90. The van der Waals surface area contributed by atoms with Crippen molar-refractivity contribution in [3.05, 3.63) is 58.6 Å². The third kappa shape index (κ3) is 3.01. The predicted octanol–water partition coefficient (Wildman–Crippen LogP) is 2.95. The average molecular weight is 304 g/mol. The lowest BCUT2D eigenvalue weighted by atomic mass is 10.0. The Balaban J connectivity index is 1.82. The van der Waals surface area contributed by atoms with Gasteiger partial charge in [0.2, 0.25) is 0 Å². The molecule has 1 unspecified atom stereocenters. The zero-order valence-corrected chi connectivity index (χ0v) is 11.9. The van der Waals surface area contributed by atoms with Crippen LogP contribution in [0.5, 0.6) is 5.75 Å². The molecule has 0 radical (unpaired) electrons. The summed E-state index contributed by atoms with van der Waals surface area (Å²) in [5, 5.41) is 13.7. The summed E-state index contributed by atoms with van der Waals surface area (Å²) < 4.78 is 5.29. The second-order valence-corrected chi connectivity index (χ2v) is 5.31. The van der Waals surface area contributed by atoms with E-state index in [2.05, 4.69) is 5.32 Å². The van der Waals surface area contributed by atoms with Crippen LogP contribution >= 0.6 is 11.6 Å². The standard InChI is InChI=1S/C16H14ClNO3/c17-12-4-2-1-3-10(12)8-14(19)11-5-6-15-13(7-11)18-16(20)9-21-15/h1-7,14,19H,8-9H2,(H,18,20). The summed E-state index contributed by atoms with van der Waals surface area (Å²) >= 11 is 6.10. The van der Waals surface area contributed by atoms with Crippen LogP contribution in [-0.2, 0) is 11.2 Å². The number of benzene rings is 2. The van der Waals surface area contributed by atoms with E-state index in [1.807, 2.05) is 18.2 Å². The van der Waals surface area contributed by atoms with E-state index in [-0.39, 0.29) is 12.5 Å². The summed E-state index contributed by atoms with van der Waals surface area (Å²) in [5.74, 6) is 0.420. The molecule has 0 spiro atoms. The third-order valence-electron chi connectivity index (χ3n) is 3.39. The van der Waals surface area contributed by atoms with Crippen LogP contribution in [0.2, 0.25) is 5.02 Å². The number of nitrogens with one attached hydrogen (secondary N) is 1. The maximum atomic E-state index is 11.3. The Hall–Kier alpha value is -2.04. The summed E-state index contributed by atoms with van der Waals surface area (Å²) in [5.41, 5.74) is 2.17. The van der Waals surface area contributed by atoms with Gasteiger partial charge in [0.25, 0.3) is 5.91 Å². The van der Waals surface area contributed by atoms with Gasteiger partial charge >= 0.3 is 0 Å². The van der Waals surface area contributed by atoms with Crippen molar-refractivity contribution in [1.29, 1.82) is 0 Å². The molecule has 1 atom stereocenters. The van der Waals surface area contributed by atoms with Crippen molar-refractivity contribution in [3.8, 4) is 5.75 Å². The van der Waals surface area contributed by atoms with E-state index >= 15 is 0 Å². The molecule has 2 aromatic carbocycles. The normalized spacial score (nSPS) is 14.9. The van der Waals surface area contributed by atoms with Gasteiger partial charge in [0.1, 0.15) is 5.75 Å². The third-order valence-corrected chi connectivity index (χ3v) is 3.76. The number of carbonyl (C=O) groups excluding carboxylic acids is 1. The Morgan fingerprint density at radius 3 is 2.90 bits per heavy atom. The Labute approximate surface area is 127 Å². The van der Waals surface area contributed by atoms with Crippen molar-refractivity contribution >= 4 is 23.2 Å².